The van der Waals surface area contributed by atoms with Gasteiger partial charge in [0.1, 0.15) is 18.0 Å². The quantitative estimate of drug-likeness (QED) is 0.512. The van der Waals surface area contributed by atoms with Crippen LogP contribution < -0.4 is 5.32 Å². The molecule has 3 aromatic rings. The number of urea groups is 1. The van der Waals surface area contributed by atoms with Crippen molar-refractivity contribution in [3.63, 3.8) is 0 Å². The van der Waals surface area contributed by atoms with Gasteiger partial charge in [0.25, 0.3) is 0 Å². The summed E-state index contributed by atoms with van der Waals surface area (Å²) < 4.78 is 70.8. The van der Waals surface area contributed by atoms with Gasteiger partial charge in [0.2, 0.25) is 0 Å². The number of anilines is 1. The SMILES string of the molecule is Cc1nncn1CC12C[C@H](C)C[C@H](C1)N2C(=O)Nc1cc(-c2ncc(F)cn2)c(C(F)(F)F)cc1F. The molecule has 2 aliphatic rings. The average molecular weight is 507 g/mol. The number of amides is 2. The van der Waals surface area contributed by atoms with E-state index in [1.807, 2.05) is 4.57 Å². The first kappa shape index (κ1) is 24.1. The van der Waals surface area contributed by atoms with Crippen molar-refractivity contribution in [1.29, 1.82) is 0 Å². The molecule has 1 aromatic carbocycles. The molecule has 1 saturated heterocycles. The Hall–Kier alpha value is -3.64. The Morgan fingerprint density at radius 1 is 1.19 bits per heavy atom. The van der Waals surface area contributed by atoms with Crippen LogP contribution in [0.2, 0.25) is 0 Å². The molecular weight excluding hydrogens is 485 g/mol. The number of nitrogens with zero attached hydrogens (tertiary/aromatic N) is 6. The van der Waals surface area contributed by atoms with Crippen LogP contribution in [0.4, 0.5) is 32.4 Å². The Kier molecular flexibility index (Phi) is 5.67. The van der Waals surface area contributed by atoms with Crippen LogP contribution in [0.5, 0.6) is 0 Å². The molecule has 0 spiro atoms. The highest BCUT2D eigenvalue weighted by atomic mass is 19.4. The van der Waals surface area contributed by atoms with E-state index < -0.39 is 52.0 Å². The van der Waals surface area contributed by atoms with Gasteiger partial charge in [-0.2, -0.15) is 13.2 Å². The zero-order valence-electron chi connectivity index (χ0n) is 19.4. The summed E-state index contributed by atoms with van der Waals surface area (Å²) in [6, 6.07) is 0.418. The number of halogens is 5. The van der Waals surface area contributed by atoms with E-state index in [4.69, 9.17) is 0 Å². The molecular formula is C23H22F5N7O. The molecule has 0 radical (unpaired) electrons. The van der Waals surface area contributed by atoms with E-state index in [2.05, 4.69) is 32.4 Å². The number of rotatable bonds is 4. The summed E-state index contributed by atoms with van der Waals surface area (Å²) in [6.07, 6.45) is 0.289. The minimum atomic E-state index is -4.93. The number of likely N-dealkylation sites (tertiary alicyclic amines) is 1. The van der Waals surface area contributed by atoms with Crippen LogP contribution in [-0.2, 0) is 12.7 Å². The number of hydrogen-bond acceptors (Lipinski definition) is 5. The van der Waals surface area contributed by atoms with Gasteiger partial charge in [-0.1, -0.05) is 6.92 Å². The highest BCUT2D eigenvalue weighted by molar-refractivity contribution is 5.92. The molecule has 2 amide bonds. The molecule has 1 aliphatic carbocycles. The highest BCUT2D eigenvalue weighted by Gasteiger charge is 2.58. The fraction of sp³-hybridized carbons (Fsp3) is 0.435. The van der Waals surface area contributed by atoms with Crippen molar-refractivity contribution in [3.8, 4) is 11.4 Å². The largest absolute Gasteiger partial charge is 0.417 e. The molecule has 8 nitrogen and oxygen atoms in total. The maximum Gasteiger partial charge on any atom is 0.417 e. The Morgan fingerprint density at radius 2 is 1.92 bits per heavy atom. The minimum Gasteiger partial charge on any atom is -0.315 e. The van der Waals surface area contributed by atoms with Crippen LogP contribution in [0.3, 0.4) is 0 Å². The number of alkyl halides is 3. The van der Waals surface area contributed by atoms with E-state index >= 15 is 0 Å². The molecule has 1 aliphatic heterocycles. The Balaban J connectivity index is 1.47. The molecule has 1 unspecified atom stereocenters. The van der Waals surface area contributed by atoms with Crippen molar-refractivity contribution in [3.05, 3.63) is 53.9 Å². The Labute approximate surface area is 202 Å². The van der Waals surface area contributed by atoms with E-state index in [0.717, 1.165) is 18.9 Å². The summed E-state index contributed by atoms with van der Waals surface area (Å²) in [6.45, 7) is 4.34. The monoisotopic (exact) mass is 507 g/mol. The van der Waals surface area contributed by atoms with E-state index in [1.165, 1.54) is 0 Å². The zero-order chi connectivity index (χ0) is 25.8. The number of carbonyl (C=O) groups is 1. The number of carbonyl (C=O) groups excluding carboxylic acids is 1. The summed E-state index contributed by atoms with van der Waals surface area (Å²) in [5, 5.41) is 10.3. The van der Waals surface area contributed by atoms with Gasteiger partial charge in [-0.05, 0) is 44.2 Å². The first-order valence-electron chi connectivity index (χ1n) is 11.3. The fourth-order valence-electron chi connectivity index (χ4n) is 5.56. The molecule has 1 saturated carbocycles. The van der Waals surface area contributed by atoms with Crippen LogP contribution in [0.1, 0.15) is 37.6 Å². The van der Waals surface area contributed by atoms with Gasteiger partial charge in [0.05, 0.1) is 29.2 Å². The molecule has 13 heteroatoms. The smallest absolute Gasteiger partial charge is 0.315 e. The third-order valence-corrected chi connectivity index (χ3v) is 6.90. The van der Waals surface area contributed by atoms with E-state index in [0.29, 0.717) is 37.1 Å². The van der Waals surface area contributed by atoms with Crippen LogP contribution in [0, 0.1) is 24.5 Å². The second kappa shape index (κ2) is 8.49. The van der Waals surface area contributed by atoms with Crippen molar-refractivity contribution >= 4 is 11.7 Å². The van der Waals surface area contributed by atoms with E-state index in [9.17, 15) is 26.7 Å². The summed E-state index contributed by atoms with van der Waals surface area (Å²) >= 11 is 0. The lowest BCUT2D eigenvalue weighted by Crippen LogP contribution is -2.73. The topological polar surface area (TPSA) is 88.8 Å². The first-order chi connectivity index (χ1) is 17.0. The number of benzene rings is 1. The molecule has 36 heavy (non-hydrogen) atoms. The molecule has 190 valence electrons. The maximum absolute atomic E-state index is 14.8. The second-order valence-corrected chi connectivity index (χ2v) is 9.53. The Morgan fingerprint density at radius 3 is 2.56 bits per heavy atom. The van der Waals surface area contributed by atoms with Gasteiger partial charge in [0, 0.05) is 18.2 Å². The summed E-state index contributed by atoms with van der Waals surface area (Å²) in [4.78, 5) is 22.2. The van der Waals surface area contributed by atoms with Crippen molar-refractivity contribution in [2.24, 2.45) is 5.92 Å². The summed E-state index contributed by atoms with van der Waals surface area (Å²) in [5.74, 6) is -1.51. The van der Waals surface area contributed by atoms with Crippen LogP contribution in [-0.4, -0.2) is 47.2 Å². The van der Waals surface area contributed by atoms with E-state index in [1.54, 1.807) is 18.2 Å². The summed E-state index contributed by atoms with van der Waals surface area (Å²) in [5.41, 5.74) is -2.92. The second-order valence-electron chi connectivity index (χ2n) is 9.53. The third-order valence-electron chi connectivity index (χ3n) is 6.90. The highest BCUT2D eigenvalue weighted by Crippen LogP contribution is 2.51. The first-order valence-corrected chi connectivity index (χ1v) is 11.3. The minimum absolute atomic E-state index is 0.0806. The van der Waals surface area contributed by atoms with Gasteiger partial charge >= 0.3 is 12.2 Å². The van der Waals surface area contributed by atoms with E-state index in [-0.39, 0.29) is 12.1 Å². The van der Waals surface area contributed by atoms with Gasteiger partial charge in [0.15, 0.2) is 11.6 Å². The fourth-order valence-corrected chi connectivity index (χ4v) is 5.56. The van der Waals surface area contributed by atoms with Crippen molar-refractivity contribution in [2.45, 2.75) is 57.4 Å². The molecule has 3 atom stereocenters. The number of fused-ring (bicyclic) bond motifs is 2. The van der Waals surface area contributed by atoms with Crippen molar-refractivity contribution < 1.29 is 26.7 Å². The van der Waals surface area contributed by atoms with Crippen LogP contribution >= 0.6 is 0 Å². The van der Waals surface area contributed by atoms with Crippen molar-refractivity contribution in [1.82, 2.24) is 29.6 Å². The standard InChI is InChI=1S/C23H22F5N7O/c1-12-3-15-7-22(6-12,10-34-11-31-33-13(34)2)35(15)21(36)32-19-4-16(20-29-8-14(24)9-30-20)17(5-18(19)25)23(26,27)28/h4-5,8-9,11-12,15H,3,6-7,10H2,1-2H3,(H,32,36)/t12-,15-,22?/m1/s1. The van der Waals surface area contributed by atoms with Gasteiger partial charge < -0.3 is 14.8 Å². The lowest BCUT2D eigenvalue weighted by Gasteiger charge is -2.63. The number of aromatic nitrogens is 5. The predicted molar refractivity (Wildman–Crippen MR) is 118 cm³/mol. The molecule has 2 fully saturated rings. The van der Waals surface area contributed by atoms with Gasteiger partial charge in [-0.3, -0.25) is 0 Å². The van der Waals surface area contributed by atoms with Gasteiger partial charge in [-0.25, -0.2) is 23.5 Å². The Bertz CT molecular complexity index is 1310. The number of piperidine rings is 1. The number of nitrogens with one attached hydrogen (secondary N) is 1. The predicted octanol–water partition coefficient (Wildman–Crippen LogP) is 4.82. The third kappa shape index (κ3) is 4.16. The number of aryl methyl sites for hydroxylation is 1. The number of hydrogen-bond donors (Lipinski definition) is 1. The lowest BCUT2D eigenvalue weighted by atomic mass is 9.64. The average Bonchev–Trinajstić information content (AvgIpc) is 3.18. The zero-order valence-corrected chi connectivity index (χ0v) is 19.4. The molecule has 5 rings (SSSR count). The maximum atomic E-state index is 14.8. The normalized spacial score (nSPS) is 23.4. The van der Waals surface area contributed by atoms with Crippen LogP contribution in [0.25, 0.3) is 11.4 Å². The lowest BCUT2D eigenvalue weighted by molar-refractivity contribution is -0.137. The molecule has 2 aromatic heterocycles. The molecule has 3 heterocycles. The van der Waals surface area contributed by atoms with Crippen molar-refractivity contribution in [2.75, 3.05) is 5.32 Å². The van der Waals surface area contributed by atoms with Crippen LogP contribution in [0.15, 0.2) is 30.9 Å². The van der Waals surface area contributed by atoms with Gasteiger partial charge in [-0.15, -0.1) is 10.2 Å². The summed E-state index contributed by atoms with van der Waals surface area (Å²) in [7, 11) is 0. The molecule has 1 N–H and O–H groups in total. The molecule has 2 bridgehead atoms.